The summed E-state index contributed by atoms with van der Waals surface area (Å²) in [5.41, 5.74) is -1.82. The number of nitriles is 1. The molecule has 2 aliphatic rings. The van der Waals surface area contributed by atoms with E-state index in [4.69, 9.17) is 14.0 Å². The van der Waals surface area contributed by atoms with Crippen molar-refractivity contribution in [1.29, 1.82) is 5.26 Å². The normalized spacial score (nSPS) is 21.3. The molecule has 1 N–H and O–H groups in total. The second kappa shape index (κ2) is 13.3. The maximum atomic E-state index is 14.7. The van der Waals surface area contributed by atoms with E-state index in [9.17, 15) is 37.1 Å². The number of likely N-dealkylation sites (N-methyl/N-ethyl adjacent to an activating group) is 1. The van der Waals surface area contributed by atoms with E-state index in [2.05, 4.69) is 20.1 Å². The number of halogens is 5. The van der Waals surface area contributed by atoms with Crippen LogP contribution in [0.3, 0.4) is 0 Å². The van der Waals surface area contributed by atoms with Gasteiger partial charge in [-0.1, -0.05) is 11.2 Å². The molecule has 4 heterocycles. The number of hydrogen-bond acceptors (Lipinski definition) is 10. The first-order valence-corrected chi connectivity index (χ1v) is 14.8. The molecule has 2 fully saturated rings. The van der Waals surface area contributed by atoms with Gasteiger partial charge in [0.05, 0.1) is 36.1 Å². The highest BCUT2D eigenvalue weighted by molar-refractivity contribution is 5.65. The monoisotopic (exact) mass is 665 g/mol. The first-order valence-electron chi connectivity index (χ1n) is 14.8. The Balaban J connectivity index is 1.51. The summed E-state index contributed by atoms with van der Waals surface area (Å²) in [6.45, 7) is 3.41. The number of alkyl halides is 3. The summed E-state index contributed by atoms with van der Waals surface area (Å²) in [5.74, 6) is -3.32. The highest BCUT2D eigenvalue weighted by Crippen LogP contribution is 2.37. The molecule has 1 unspecified atom stereocenters. The van der Waals surface area contributed by atoms with Crippen molar-refractivity contribution in [2.24, 2.45) is 0 Å². The van der Waals surface area contributed by atoms with Crippen molar-refractivity contribution in [2.75, 3.05) is 20.1 Å². The van der Waals surface area contributed by atoms with Crippen LogP contribution in [0.25, 0.3) is 11.6 Å². The van der Waals surface area contributed by atoms with Gasteiger partial charge in [0.25, 0.3) is 0 Å². The molecule has 0 saturated carbocycles. The Kier molecular flexibility index (Phi) is 9.53. The third kappa shape index (κ3) is 7.22. The van der Waals surface area contributed by atoms with E-state index in [0.29, 0.717) is 13.0 Å². The van der Waals surface area contributed by atoms with Gasteiger partial charge in [0.1, 0.15) is 17.7 Å². The molecule has 3 aromatic rings. The molecule has 47 heavy (non-hydrogen) atoms. The fraction of sp³-hybridized carbons (Fsp3) is 0.533. The lowest BCUT2D eigenvalue weighted by Gasteiger charge is -2.36. The molecule has 12 nitrogen and oxygen atoms in total. The number of hydrogen-bond donors (Lipinski definition) is 1. The van der Waals surface area contributed by atoms with Gasteiger partial charge < -0.3 is 24.0 Å². The van der Waals surface area contributed by atoms with Crippen LogP contribution in [0.1, 0.15) is 57.4 Å². The molecule has 17 heteroatoms. The second-order valence-electron chi connectivity index (χ2n) is 12.0. The minimum absolute atomic E-state index is 0.0493. The number of ether oxygens (including phenoxy) is 2. The largest absolute Gasteiger partial charge is 0.474 e. The third-order valence-electron chi connectivity index (χ3n) is 8.45. The molecule has 1 aromatic carbocycles. The molecule has 2 aliphatic heterocycles. The van der Waals surface area contributed by atoms with Crippen LogP contribution >= 0.6 is 0 Å². The predicted molar refractivity (Wildman–Crippen MR) is 152 cm³/mol. The van der Waals surface area contributed by atoms with Crippen molar-refractivity contribution in [3.05, 3.63) is 47.4 Å². The van der Waals surface area contributed by atoms with Gasteiger partial charge in [0.2, 0.25) is 35.4 Å². The van der Waals surface area contributed by atoms with Gasteiger partial charge in [-0.3, -0.25) is 4.90 Å². The van der Waals surface area contributed by atoms with Crippen molar-refractivity contribution < 1.29 is 45.8 Å². The number of piperidine rings is 1. The Bertz CT molecular complexity index is 1630. The van der Waals surface area contributed by atoms with Gasteiger partial charge in [-0.2, -0.15) is 33.4 Å². The van der Waals surface area contributed by atoms with Crippen molar-refractivity contribution in [3.63, 3.8) is 0 Å². The van der Waals surface area contributed by atoms with Crippen LogP contribution in [0.15, 0.2) is 28.8 Å². The van der Waals surface area contributed by atoms with Crippen LogP contribution in [0.5, 0.6) is 11.8 Å². The van der Waals surface area contributed by atoms with Crippen LogP contribution in [-0.2, 0) is 5.41 Å². The highest BCUT2D eigenvalue weighted by Gasteiger charge is 2.50. The number of aromatic nitrogens is 4. The molecule has 1 amide bonds. The van der Waals surface area contributed by atoms with Crippen molar-refractivity contribution in [3.8, 4) is 29.5 Å². The lowest BCUT2D eigenvalue weighted by molar-refractivity contribution is -0.209. The molecule has 0 bridgehead atoms. The number of carbonyl (C=O) groups is 1. The van der Waals surface area contributed by atoms with Gasteiger partial charge in [-0.15, -0.1) is 0 Å². The Labute approximate surface area is 266 Å². The molecule has 0 aliphatic carbocycles. The summed E-state index contributed by atoms with van der Waals surface area (Å²) < 4.78 is 89.1. The van der Waals surface area contributed by atoms with Crippen LogP contribution in [0, 0.1) is 23.0 Å². The lowest BCUT2D eigenvalue weighted by Crippen LogP contribution is -2.49. The second-order valence-corrected chi connectivity index (χ2v) is 12.0. The summed E-state index contributed by atoms with van der Waals surface area (Å²) in [6, 6.07) is 4.73. The molecule has 5 rings (SSSR count). The van der Waals surface area contributed by atoms with Crippen LogP contribution in [-0.4, -0.2) is 91.7 Å². The van der Waals surface area contributed by atoms with E-state index >= 15 is 0 Å². The number of amides is 1. The molecule has 252 valence electrons. The third-order valence-corrected chi connectivity index (χ3v) is 8.45. The zero-order chi connectivity index (χ0) is 34.1. The standard InChI is InChI=1S/C30H32F5N7O5/c1-29(2,23-18(31)6-4-7-19(23)32)27-39-26(40-47-27)25-37-21(45-17-10-13-42(28(43)44)16(14-17)9-11-36)15-22(38-25)46-24(30(33,34)35)20-8-5-12-41(20)3/h4,6-7,15-17,20,24H,5,8-10,12-14H2,1-3H3,(H,43,44)/t16-,17+,20+,24?/m1/s1. The van der Waals surface area contributed by atoms with E-state index in [1.54, 1.807) is 11.9 Å². The van der Waals surface area contributed by atoms with Gasteiger partial charge in [-0.05, 0) is 52.4 Å². The summed E-state index contributed by atoms with van der Waals surface area (Å²) >= 11 is 0. The predicted octanol–water partition coefficient (Wildman–Crippen LogP) is 5.34. The zero-order valence-electron chi connectivity index (χ0n) is 25.7. The number of nitrogens with zero attached hydrogens (tertiary/aromatic N) is 7. The van der Waals surface area contributed by atoms with Gasteiger partial charge in [0.15, 0.2) is 0 Å². The topological polar surface area (TPSA) is 151 Å². The minimum Gasteiger partial charge on any atom is -0.474 e. The highest BCUT2D eigenvalue weighted by atomic mass is 19.4. The van der Waals surface area contributed by atoms with Crippen LogP contribution < -0.4 is 9.47 Å². The molecule has 2 aromatic heterocycles. The van der Waals surface area contributed by atoms with E-state index < -0.39 is 59.5 Å². The van der Waals surface area contributed by atoms with E-state index in [0.717, 1.165) is 23.1 Å². The van der Waals surface area contributed by atoms with E-state index in [-0.39, 0.29) is 61.2 Å². The average Bonchev–Trinajstić information content (AvgIpc) is 3.65. The molecule has 0 spiro atoms. The fourth-order valence-electron chi connectivity index (χ4n) is 6.05. The SMILES string of the molecule is CN1CCC[C@H]1C(Oc1cc(O[C@H]2CCN(C(=O)O)[C@H](CC#N)C2)nc(-c2noc(C(C)(C)c3c(F)cccc3F)n2)n1)C(F)(F)F. The molecule has 2 saturated heterocycles. The molecular formula is C30H32F5N7O5. The number of rotatable bonds is 9. The van der Waals surface area contributed by atoms with E-state index in [1.807, 2.05) is 6.07 Å². The number of benzene rings is 1. The van der Waals surface area contributed by atoms with Crippen molar-refractivity contribution >= 4 is 6.09 Å². The summed E-state index contributed by atoms with van der Waals surface area (Å²) in [6.07, 6.45) is -7.87. The van der Waals surface area contributed by atoms with Gasteiger partial charge in [0, 0.05) is 24.9 Å². The Morgan fingerprint density at radius 2 is 1.83 bits per heavy atom. The fourth-order valence-corrected chi connectivity index (χ4v) is 6.05. The summed E-state index contributed by atoms with van der Waals surface area (Å²) in [4.78, 5) is 27.0. The quantitative estimate of drug-likeness (QED) is 0.295. The number of carboxylic acid groups (broad SMARTS) is 1. The Morgan fingerprint density at radius 3 is 2.45 bits per heavy atom. The zero-order valence-corrected chi connectivity index (χ0v) is 25.7. The Hall–Kier alpha value is -4.59. The van der Waals surface area contributed by atoms with Gasteiger partial charge >= 0.3 is 12.3 Å². The summed E-state index contributed by atoms with van der Waals surface area (Å²) in [7, 11) is 1.57. The molecule has 0 radical (unpaired) electrons. The maximum Gasteiger partial charge on any atom is 0.427 e. The molecular weight excluding hydrogens is 633 g/mol. The average molecular weight is 666 g/mol. The van der Waals surface area contributed by atoms with Crippen LogP contribution in [0.4, 0.5) is 26.7 Å². The maximum absolute atomic E-state index is 14.7. The summed E-state index contributed by atoms with van der Waals surface area (Å²) in [5, 5.41) is 22.6. The smallest absolute Gasteiger partial charge is 0.427 e. The first-order chi connectivity index (χ1) is 22.2. The molecule has 4 atom stereocenters. The van der Waals surface area contributed by atoms with E-state index in [1.165, 1.54) is 19.9 Å². The van der Waals surface area contributed by atoms with Crippen molar-refractivity contribution in [2.45, 2.75) is 81.8 Å². The van der Waals surface area contributed by atoms with Gasteiger partial charge in [-0.25, -0.2) is 13.6 Å². The lowest BCUT2D eigenvalue weighted by atomic mass is 9.83. The van der Waals surface area contributed by atoms with Crippen molar-refractivity contribution in [1.82, 2.24) is 29.9 Å². The number of likely N-dealkylation sites (tertiary alicyclic amines) is 2. The first kappa shape index (κ1) is 33.8. The minimum atomic E-state index is -4.77. The van der Waals surface area contributed by atoms with Crippen LogP contribution in [0.2, 0.25) is 0 Å². The Morgan fingerprint density at radius 1 is 1.13 bits per heavy atom.